The molecular weight excluding hydrogens is 168 g/mol. The van der Waals surface area contributed by atoms with Crippen LogP contribution in [0.15, 0.2) is 23.3 Å². The first-order valence-corrected chi connectivity index (χ1v) is 4.19. The molecule has 13 heavy (non-hydrogen) atoms. The van der Waals surface area contributed by atoms with Gasteiger partial charge in [0, 0.05) is 6.54 Å². The average molecular weight is 182 g/mol. The number of aromatic nitrogens is 1. The SMILES string of the molecule is C=CCCOc1nc(CNC)co1. The zero-order valence-corrected chi connectivity index (χ0v) is 7.75. The molecule has 4 nitrogen and oxygen atoms in total. The molecule has 0 spiro atoms. The summed E-state index contributed by atoms with van der Waals surface area (Å²) in [6.07, 6.45) is 4.49. The second kappa shape index (κ2) is 5.37. The molecule has 0 fully saturated rings. The fourth-order valence-corrected chi connectivity index (χ4v) is 0.847. The van der Waals surface area contributed by atoms with Gasteiger partial charge in [0.05, 0.1) is 12.3 Å². The predicted octanol–water partition coefficient (Wildman–Crippen LogP) is 1.35. The van der Waals surface area contributed by atoms with Gasteiger partial charge in [-0.05, 0) is 13.5 Å². The van der Waals surface area contributed by atoms with Gasteiger partial charge < -0.3 is 14.5 Å². The summed E-state index contributed by atoms with van der Waals surface area (Å²) in [5, 5.41) is 2.97. The third-order valence-electron chi connectivity index (χ3n) is 1.44. The van der Waals surface area contributed by atoms with Gasteiger partial charge in [0.25, 0.3) is 0 Å². The Hall–Kier alpha value is -1.29. The van der Waals surface area contributed by atoms with E-state index in [2.05, 4.69) is 16.9 Å². The third-order valence-corrected chi connectivity index (χ3v) is 1.44. The van der Waals surface area contributed by atoms with Crippen molar-refractivity contribution in [3.63, 3.8) is 0 Å². The molecule has 0 aliphatic rings. The van der Waals surface area contributed by atoms with Crippen molar-refractivity contribution in [2.75, 3.05) is 13.7 Å². The molecule has 1 aromatic heterocycles. The second-order valence-corrected chi connectivity index (χ2v) is 2.56. The minimum absolute atomic E-state index is 0.326. The molecule has 0 aliphatic carbocycles. The van der Waals surface area contributed by atoms with E-state index in [9.17, 15) is 0 Å². The zero-order valence-electron chi connectivity index (χ0n) is 7.75. The van der Waals surface area contributed by atoms with Crippen LogP contribution in [0, 0.1) is 0 Å². The number of nitrogens with zero attached hydrogens (tertiary/aromatic N) is 1. The van der Waals surface area contributed by atoms with Crippen molar-refractivity contribution in [3.8, 4) is 6.08 Å². The molecule has 1 N–H and O–H groups in total. The van der Waals surface area contributed by atoms with Crippen molar-refractivity contribution in [1.82, 2.24) is 10.3 Å². The summed E-state index contributed by atoms with van der Waals surface area (Å²) in [7, 11) is 1.85. The normalized spacial score (nSPS) is 9.92. The largest absolute Gasteiger partial charge is 0.450 e. The van der Waals surface area contributed by atoms with Crippen LogP contribution in [0.2, 0.25) is 0 Å². The Bertz CT molecular complexity index is 258. The molecule has 0 atom stereocenters. The van der Waals surface area contributed by atoms with Crippen LogP contribution in [0.5, 0.6) is 6.08 Å². The maximum atomic E-state index is 5.20. The first kappa shape index (κ1) is 9.80. The van der Waals surface area contributed by atoms with Gasteiger partial charge in [-0.25, -0.2) is 0 Å². The molecule has 0 aromatic carbocycles. The summed E-state index contributed by atoms with van der Waals surface area (Å²) in [6, 6.07) is 0. The number of ether oxygens (including phenoxy) is 1. The number of oxazole rings is 1. The fourth-order valence-electron chi connectivity index (χ4n) is 0.847. The maximum absolute atomic E-state index is 5.20. The number of hydrogen-bond acceptors (Lipinski definition) is 4. The first-order chi connectivity index (χ1) is 6.36. The predicted molar refractivity (Wildman–Crippen MR) is 49.6 cm³/mol. The van der Waals surface area contributed by atoms with Crippen LogP contribution in [0.3, 0.4) is 0 Å². The van der Waals surface area contributed by atoms with Gasteiger partial charge in [0.2, 0.25) is 0 Å². The number of nitrogens with one attached hydrogen (secondary N) is 1. The van der Waals surface area contributed by atoms with Crippen LogP contribution in [0.25, 0.3) is 0 Å². The molecule has 0 amide bonds. The fraction of sp³-hybridized carbons (Fsp3) is 0.444. The molecular formula is C9H14N2O2. The van der Waals surface area contributed by atoms with Crippen molar-refractivity contribution in [2.45, 2.75) is 13.0 Å². The standard InChI is InChI=1S/C9H14N2O2/c1-3-4-5-12-9-11-8(6-10-2)7-13-9/h3,7,10H,1,4-6H2,2H3. The lowest BCUT2D eigenvalue weighted by Crippen LogP contribution is -2.05. The van der Waals surface area contributed by atoms with Crippen LogP contribution in [-0.4, -0.2) is 18.6 Å². The highest BCUT2D eigenvalue weighted by Crippen LogP contribution is 2.09. The van der Waals surface area contributed by atoms with E-state index in [0.717, 1.165) is 12.1 Å². The van der Waals surface area contributed by atoms with Crippen molar-refractivity contribution in [2.24, 2.45) is 0 Å². The molecule has 72 valence electrons. The molecule has 0 radical (unpaired) electrons. The van der Waals surface area contributed by atoms with Crippen molar-refractivity contribution in [1.29, 1.82) is 0 Å². The van der Waals surface area contributed by atoms with Crippen molar-refractivity contribution >= 4 is 0 Å². The summed E-state index contributed by atoms with van der Waals surface area (Å²) in [5.41, 5.74) is 0.844. The van der Waals surface area contributed by atoms with Crippen molar-refractivity contribution < 1.29 is 9.15 Å². The Morgan fingerprint density at radius 2 is 2.62 bits per heavy atom. The first-order valence-electron chi connectivity index (χ1n) is 4.19. The van der Waals surface area contributed by atoms with E-state index in [1.54, 1.807) is 12.3 Å². The smallest absolute Gasteiger partial charge is 0.393 e. The van der Waals surface area contributed by atoms with E-state index in [4.69, 9.17) is 9.15 Å². The molecule has 4 heteroatoms. The number of rotatable bonds is 6. The molecule has 1 aromatic rings. The van der Waals surface area contributed by atoms with Gasteiger partial charge in [0.1, 0.15) is 6.26 Å². The van der Waals surface area contributed by atoms with Gasteiger partial charge in [0.15, 0.2) is 0 Å². The quantitative estimate of drug-likeness (QED) is 0.533. The Balaban J connectivity index is 2.35. The summed E-state index contributed by atoms with van der Waals surface area (Å²) in [6.45, 7) is 4.83. The van der Waals surface area contributed by atoms with E-state index in [1.807, 2.05) is 7.05 Å². The average Bonchev–Trinajstić information content (AvgIpc) is 2.54. The Morgan fingerprint density at radius 1 is 1.77 bits per heavy atom. The Labute approximate surface area is 77.6 Å². The van der Waals surface area contributed by atoms with Crippen molar-refractivity contribution in [3.05, 3.63) is 24.6 Å². The number of hydrogen-bond donors (Lipinski definition) is 1. The van der Waals surface area contributed by atoms with Crippen LogP contribution >= 0.6 is 0 Å². The van der Waals surface area contributed by atoms with Gasteiger partial charge in [-0.1, -0.05) is 6.08 Å². The van der Waals surface area contributed by atoms with E-state index in [1.165, 1.54) is 0 Å². The maximum Gasteiger partial charge on any atom is 0.393 e. The molecule has 1 heterocycles. The topological polar surface area (TPSA) is 47.3 Å². The van der Waals surface area contributed by atoms with E-state index >= 15 is 0 Å². The highest BCUT2D eigenvalue weighted by molar-refractivity contribution is 4.99. The lowest BCUT2D eigenvalue weighted by Gasteiger charge is -1.95. The Morgan fingerprint density at radius 3 is 3.31 bits per heavy atom. The molecule has 0 saturated carbocycles. The van der Waals surface area contributed by atoms with Gasteiger partial charge in [-0.15, -0.1) is 6.58 Å². The molecule has 0 saturated heterocycles. The third kappa shape index (κ3) is 3.29. The highest BCUT2D eigenvalue weighted by atomic mass is 16.6. The molecule has 0 aliphatic heterocycles. The van der Waals surface area contributed by atoms with Gasteiger partial charge in [-0.2, -0.15) is 4.98 Å². The summed E-state index contributed by atoms with van der Waals surface area (Å²) in [5.74, 6) is 0. The zero-order chi connectivity index (χ0) is 9.52. The summed E-state index contributed by atoms with van der Waals surface area (Å²) >= 11 is 0. The van der Waals surface area contributed by atoms with E-state index in [-0.39, 0.29) is 0 Å². The van der Waals surface area contributed by atoms with Gasteiger partial charge in [-0.3, -0.25) is 0 Å². The lowest BCUT2D eigenvalue weighted by molar-refractivity contribution is 0.235. The van der Waals surface area contributed by atoms with E-state index in [0.29, 0.717) is 19.2 Å². The van der Waals surface area contributed by atoms with E-state index < -0.39 is 0 Å². The molecule has 0 unspecified atom stereocenters. The van der Waals surface area contributed by atoms with Crippen LogP contribution in [0.4, 0.5) is 0 Å². The lowest BCUT2D eigenvalue weighted by atomic mass is 10.5. The monoisotopic (exact) mass is 182 g/mol. The van der Waals surface area contributed by atoms with Crippen LogP contribution in [0.1, 0.15) is 12.1 Å². The molecule has 0 bridgehead atoms. The second-order valence-electron chi connectivity index (χ2n) is 2.56. The molecule has 1 rings (SSSR count). The minimum atomic E-state index is 0.326. The Kier molecular flexibility index (Phi) is 4.05. The minimum Gasteiger partial charge on any atom is -0.450 e. The van der Waals surface area contributed by atoms with Gasteiger partial charge >= 0.3 is 6.08 Å². The summed E-state index contributed by atoms with van der Waals surface area (Å²) < 4.78 is 10.3. The highest BCUT2D eigenvalue weighted by Gasteiger charge is 2.02. The summed E-state index contributed by atoms with van der Waals surface area (Å²) in [4.78, 5) is 4.09. The van der Waals surface area contributed by atoms with Crippen LogP contribution in [-0.2, 0) is 6.54 Å². The van der Waals surface area contributed by atoms with Crippen LogP contribution < -0.4 is 10.1 Å².